The fraction of sp³-hybridized carbons (Fsp3) is 1.00. The van der Waals surface area contributed by atoms with E-state index in [-0.39, 0.29) is 0 Å². The molecular weight excluding hydrogens is 409 g/mol. The average molecular weight is 459 g/mol. The smallest absolute Gasteiger partial charge is 0.0418 e. The molecule has 6 heteroatoms. The van der Waals surface area contributed by atoms with Crippen molar-refractivity contribution < 1.29 is 0 Å². The van der Waals surface area contributed by atoms with E-state index >= 15 is 0 Å². The number of fused-ring (bicyclic) bond motifs is 3. The third kappa shape index (κ3) is 1.83. The van der Waals surface area contributed by atoms with Crippen molar-refractivity contribution in [2.24, 2.45) is 0 Å². The highest BCUT2D eigenvalue weighted by Crippen LogP contribution is 2.81. The first-order chi connectivity index (χ1) is 11.4. The van der Waals surface area contributed by atoms with Crippen molar-refractivity contribution in [2.75, 3.05) is 0 Å². The van der Waals surface area contributed by atoms with Crippen molar-refractivity contribution in [1.29, 1.82) is 0 Å². The fourth-order valence-electron chi connectivity index (χ4n) is 10.5. The van der Waals surface area contributed by atoms with E-state index in [0.29, 0.717) is 0 Å². The highest BCUT2D eigenvalue weighted by Gasteiger charge is 2.91. The first-order valence-electron chi connectivity index (χ1n) is 11.4. The van der Waals surface area contributed by atoms with Gasteiger partial charge in [0.05, 0.1) is 0 Å². The molecule has 0 N–H and O–H groups in total. The summed E-state index contributed by atoms with van der Waals surface area (Å²) >= 11 is 0. The van der Waals surface area contributed by atoms with Crippen molar-refractivity contribution in [1.82, 2.24) is 0 Å². The summed E-state index contributed by atoms with van der Waals surface area (Å²) in [7, 11) is -7.77. The van der Waals surface area contributed by atoms with Crippen molar-refractivity contribution in [2.45, 2.75) is 127 Å². The lowest BCUT2D eigenvalue weighted by molar-refractivity contribution is 0.705. The van der Waals surface area contributed by atoms with Gasteiger partial charge in [0.25, 0.3) is 0 Å². The molecule has 3 fully saturated rings. The molecule has 0 unspecified atom stereocenters. The Morgan fingerprint density at radius 3 is 0.654 bits per heavy atom. The second kappa shape index (κ2) is 5.93. The second-order valence-corrected chi connectivity index (χ2v) is 63.2. The lowest BCUT2D eigenvalue weighted by atomic mass is 10.4. The van der Waals surface area contributed by atoms with E-state index in [4.69, 9.17) is 0 Å². The summed E-state index contributed by atoms with van der Waals surface area (Å²) in [6.07, 6.45) is 6.14. The SMILES string of the molecule is CCCC12[Si](C)(C)[Si](C)(C)C(CCC)([Si](C)(C)[Si]1(C)C)[Si](C)(C)[Si]2(C)C. The molecule has 2 bridgehead atoms. The van der Waals surface area contributed by atoms with Gasteiger partial charge in [0, 0.05) is 45.5 Å². The molecule has 0 aromatic heterocycles. The molecule has 0 radical (unpaired) electrons. The highest BCUT2D eigenvalue weighted by atomic mass is 29.4. The first kappa shape index (κ1) is 23.6. The van der Waals surface area contributed by atoms with Crippen LogP contribution in [0.2, 0.25) is 87.1 Å². The van der Waals surface area contributed by atoms with Gasteiger partial charge >= 0.3 is 0 Å². The van der Waals surface area contributed by atoms with Crippen LogP contribution >= 0.6 is 0 Å². The van der Waals surface area contributed by atoms with Gasteiger partial charge in [-0.3, -0.25) is 0 Å². The maximum atomic E-state index is 2.95. The van der Waals surface area contributed by atoms with Crippen LogP contribution < -0.4 is 0 Å². The molecule has 0 spiro atoms. The van der Waals surface area contributed by atoms with E-state index < -0.39 is 45.5 Å². The van der Waals surface area contributed by atoms with Gasteiger partial charge < -0.3 is 0 Å². The maximum Gasteiger partial charge on any atom is 0.0418 e. The van der Waals surface area contributed by atoms with Crippen molar-refractivity contribution in [3.8, 4) is 0 Å². The van der Waals surface area contributed by atoms with Crippen LogP contribution in [-0.4, -0.2) is 45.5 Å². The summed E-state index contributed by atoms with van der Waals surface area (Å²) < 4.78 is 1.80. The molecule has 0 aliphatic carbocycles. The Hall–Kier alpha value is 1.30. The van der Waals surface area contributed by atoms with Gasteiger partial charge in [0.15, 0.2) is 0 Å². The lowest BCUT2D eigenvalue weighted by Crippen LogP contribution is -3.03. The quantitative estimate of drug-likeness (QED) is 0.378. The summed E-state index contributed by atoms with van der Waals surface area (Å²) in [5.41, 5.74) is 0. The number of hydrogen-bond donors (Lipinski definition) is 0. The Morgan fingerprint density at radius 2 is 0.538 bits per heavy atom. The van der Waals surface area contributed by atoms with E-state index in [1.807, 2.05) is 0 Å². The first-order valence-corrected chi connectivity index (χ1v) is 32.4. The Kier molecular flexibility index (Phi) is 5.37. The van der Waals surface area contributed by atoms with Crippen molar-refractivity contribution in [3.05, 3.63) is 0 Å². The van der Waals surface area contributed by atoms with Crippen LogP contribution in [0.5, 0.6) is 0 Å². The minimum Gasteiger partial charge on any atom is -0.0713 e. The number of rotatable bonds is 4. The molecule has 3 aliphatic rings. The Labute approximate surface area is 171 Å². The molecule has 26 heavy (non-hydrogen) atoms. The van der Waals surface area contributed by atoms with Gasteiger partial charge in [0.2, 0.25) is 0 Å². The molecule has 3 heterocycles. The zero-order valence-electron chi connectivity index (χ0n) is 20.8. The standard InChI is InChI=1S/C20H50Si6/c1-15-17-19-21(3,4)24(9,10)20(18-16-2,25(11,12)22(19,5)6)26(13,14)23(19,7)8/h15-18H2,1-14H3. The lowest BCUT2D eigenvalue weighted by Gasteiger charge is -2.89. The molecule has 154 valence electrons. The predicted molar refractivity (Wildman–Crippen MR) is 140 cm³/mol. The third-order valence-electron chi connectivity index (χ3n) is 12.3. The third-order valence-corrected chi connectivity index (χ3v) is 103. The molecule has 3 saturated heterocycles. The van der Waals surface area contributed by atoms with Crippen molar-refractivity contribution in [3.63, 3.8) is 0 Å². The van der Waals surface area contributed by atoms with E-state index in [9.17, 15) is 0 Å². The van der Waals surface area contributed by atoms with E-state index in [2.05, 4.69) is 92.4 Å². The monoisotopic (exact) mass is 458 g/mol. The summed E-state index contributed by atoms with van der Waals surface area (Å²) in [6, 6.07) is 0. The highest BCUT2D eigenvalue weighted by molar-refractivity contribution is 7.77. The molecular formula is C20H50Si6. The molecule has 3 rings (SSSR count). The van der Waals surface area contributed by atoms with E-state index in [0.717, 1.165) is 8.57 Å². The van der Waals surface area contributed by atoms with Gasteiger partial charge in [-0.1, -0.05) is 118 Å². The van der Waals surface area contributed by atoms with Crippen LogP contribution in [0.3, 0.4) is 0 Å². The topological polar surface area (TPSA) is 0 Å². The summed E-state index contributed by atoms with van der Waals surface area (Å²) in [5, 5.41) is 0. The molecule has 0 saturated carbocycles. The molecule has 0 aromatic rings. The Bertz CT molecular complexity index is 461. The fourth-order valence-corrected chi connectivity index (χ4v) is 155. The van der Waals surface area contributed by atoms with Crippen molar-refractivity contribution >= 4 is 45.5 Å². The van der Waals surface area contributed by atoms with Crippen LogP contribution in [0.1, 0.15) is 39.5 Å². The van der Waals surface area contributed by atoms with Gasteiger partial charge in [-0.15, -0.1) is 0 Å². The summed E-state index contributed by atoms with van der Waals surface area (Å²) in [4.78, 5) is 0. The van der Waals surface area contributed by atoms with Crippen LogP contribution in [0.25, 0.3) is 0 Å². The molecule has 0 aromatic carbocycles. The van der Waals surface area contributed by atoms with Gasteiger partial charge in [-0.05, 0) is 8.57 Å². The van der Waals surface area contributed by atoms with Crippen LogP contribution in [0.15, 0.2) is 0 Å². The molecule has 0 nitrogen and oxygen atoms in total. The van der Waals surface area contributed by atoms with Gasteiger partial charge in [-0.25, -0.2) is 0 Å². The normalized spacial score (nSPS) is 40.4. The minimum absolute atomic E-state index is 0.901. The van der Waals surface area contributed by atoms with Crippen LogP contribution in [-0.2, 0) is 0 Å². The number of hydrogen-bond acceptors (Lipinski definition) is 0. The largest absolute Gasteiger partial charge is 0.0713 e. The van der Waals surface area contributed by atoms with Crippen LogP contribution in [0, 0.1) is 0 Å². The zero-order valence-corrected chi connectivity index (χ0v) is 26.8. The summed E-state index contributed by atoms with van der Waals surface area (Å²) in [5.74, 6) is 0. The van der Waals surface area contributed by atoms with E-state index in [1.165, 1.54) is 12.8 Å². The second-order valence-electron chi connectivity index (χ2n) is 13.1. The van der Waals surface area contributed by atoms with Crippen LogP contribution in [0.4, 0.5) is 0 Å². The molecule has 3 aliphatic heterocycles. The molecule has 0 amide bonds. The Balaban J connectivity index is 3.15. The van der Waals surface area contributed by atoms with Gasteiger partial charge in [-0.2, -0.15) is 0 Å². The summed E-state index contributed by atoms with van der Waals surface area (Å²) in [6.45, 7) is 40.5. The predicted octanol–water partition coefficient (Wildman–Crippen LogP) is 7.74. The molecule has 0 atom stereocenters. The average Bonchev–Trinajstić information content (AvgIpc) is 2.45. The van der Waals surface area contributed by atoms with E-state index in [1.54, 1.807) is 12.8 Å². The zero-order chi connectivity index (χ0) is 20.8. The Morgan fingerprint density at radius 1 is 0.385 bits per heavy atom. The maximum absolute atomic E-state index is 2.95. The minimum atomic E-state index is -1.30. The van der Waals surface area contributed by atoms with Gasteiger partial charge in [0.1, 0.15) is 0 Å².